The molecule has 1 aliphatic rings. The van der Waals surface area contributed by atoms with E-state index in [0.29, 0.717) is 5.56 Å². The van der Waals surface area contributed by atoms with Gasteiger partial charge in [-0.25, -0.2) is 0 Å². The van der Waals surface area contributed by atoms with Gasteiger partial charge in [0.05, 0.1) is 11.6 Å². The number of hydrogen-bond acceptors (Lipinski definition) is 1. The highest BCUT2D eigenvalue weighted by Gasteiger charge is 2.37. The Kier molecular flexibility index (Phi) is 4.33. The van der Waals surface area contributed by atoms with Crippen molar-refractivity contribution in [1.29, 1.82) is 5.26 Å². The number of fused-ring (bicyclic) bond motifs is 1. The van der Waals surface area contributed by atoms with Gasteiger partial charge in [-0.15, -0.1) is 6.58 Å². The summed E-state index contributed by atoms with van der Waals surface area (Å²) in [7, 11) is 0. The molecular weight excluding hydrogens is 302 g/mol. The SMILES string of the molecule is C=CC(c1ccc(C#N)cc1)c1ccc2c(c1)C(C)(C)CCC2(C)C. The molecule has 25 heavy (non-hydrogen) atoms. The topological polar surface area (TPSA) is 23.8 Å². The van der Waals surface area contributed by atoms with Crippen molar-refractivity contribution in [2.45, 2.75) is 57.3 Å². The van der Waals surface area contributed by atoms with Crippen LogP contribution in [0.1, 0.15) is 74.3 Å². The minimum Gasteiger partial charge on any atom is -0.192 e. The number of allylic oxidation sites excluding steroid dienone is 1. The first kappa shape index (κ1) is 17.5. The van der Waals surface area contributed by atoms with Crippen molar-refractivity contribution in [3.63, 3.8) is 0 Å². The molecule has 0 aromatic heterocycles. The Labute approximate surface area is 152 Å². The van der Waals surface area contributed by atoms with Crippen LogP contribution in [0.15, 0.2) is 55.1 Å². The van der Waals surface area contributed by atoms with Gasteiger partial charge in [0.15, 0.2) is 0 Å². The number of nitriles is 1. The van der Waals surface area contributed by atoms with Crippen LogP contribution >= 0.6 is 0 Å². The van der Waals surface area contributed by atoms with Crippen molar-refractivity contribution in [2.75, 3.05) is 0 Å². The molecule has 1 heteroatoms. The van der Waals surface area contributed by atoms with Crippen molar-refractivity contribution in [3.05, 3.63) is 82.9 Å². The lowest BCUT2D eigenvalue weighted by Gasteiger charge is -2.42. The van der Waals surface area contributed by atoms with Gasteiger partial charge in [0, 0.05) is 5.92 Å². The van der Waals surface area contributed by atoms with Crippen LogP contribution in [0.3, 0.4) is 0 Å². The highest BCUT2D eigenvalue weighted by molar-refractivity contribution is 5.48. The molecular formula is C24H27N. The molecule has 2 aromatic rings. The first-order valence-corrected chi connectivity index (χ1v) is 9.06. The van der Waals surface area contributed by atoms with Gasteiger partial charge < -0.3 is 0 Å². The maximum absolute atomic E-state index is 9.01. The van der Waals surface area contributed by atoms with Crippen LogP contribution in [0.4, 0.5) is 0 Å². The molecule has 128 valence electrons. The van der Waals surface area contributed by atoms with Gasteiger partial charge in [-0.1, -0.05) is 64.1 Å². The van der Waals surface area contributed by atoms with E-state index in [1.54, 1.807) is 0 Å². The summed E-state index contributed by atoms with van der Waals surface area (Å²) < 4.78 is 0. The zero-order chi connectivity index (χ0) is 18.2. The van der Waals surface area contributed by atoms with Crippen LogP contribution < -0.4 is 0 Å². The monoisotopic (exact) mass is 329 g/mol. The van der Waals surface area contributed by atoms with Crippen LogP contribution in [0.5, 0.6) is 0 Å². The number of benzene rings is 2. The third-order valence-electron chi connectivity index (χ3n) is 5.87. The van der Waals surface area contributed by atoms with Gasteiger partial charge in [-0.3, -0.25) is 0 Å². The van der Waals surface area contributed by atoms with Crippen LogP contribution in [-0.4, -0.2) is 0 Å². The van der Waals surface area contributed by atoms with Gasteiger partial charge in [0.2, 0.25) is 0 Å². The van der Waals surface area contributed by atoms with Gasteiger partial charge in [-0.2, -0.15) is 5.26 Å². The van der Waals surface area contributed by atoms with Gasteiger partial charge in [-0.05, 0) is 58.1 Å². The summed E-state index contributed by atoms with van der Waals surface area (Å²) in [4.78, 5) is 0. The fraction of sp³-hybridized carbons (Fsp3) is 0.375. The van der Waals surface area contributed by atoms with Crippen molar-refractivity contribution in [1.82, 2.24) is 0 Å². The Morgan fingerprint density at radius 2 is 1.48 bits per heavy atom. The maximum Gasteiger partial charge on any atom is 0.0991 e. The lowest BCUT2D eigenvalue weighted by molar-refractivity contribution is 0.331. The van der Waals surface area contributed by atoms with E-state index in [-0.39, 0.29) is 16.7 Å². The quantitative estimate of drug-likeness (QED) is 0.613. The largest absolute Gasteiger partial charge is 0.192 e. The average Bonchev–Trinajstić information content (AvgIpc) is 2.60. The summed E-state index contributed by atoms with van der Waals surface area (Å²) in [5.74, 6) is 0.152. The highest BCUT2D eigenvalue weighted by Crippen LogP contribution is 2.46. The molecule has 0 saturated carbocycles. The molecule has 0 bridgehead atoms. The van der Waals surface area contributed by atoms with E-state index in [0.717, 1.165) is 0 Å². The Hall–Kier alpha value is -2.33. The standard InChI is InChI=1S/C24H27N/c1-6-20(18-9-7-17(16-25)8-10-18)19-11-12-21-22(15-19)24(4,5)14-13-23(21,2)3/h6-12,15,20H,1,13-14H2,2-5H3. The second kappa shape index (κ2) is 6.19. The highest BCUT2D eigenvalue weighted by atomic mass is 14.4. The molecule has 3 rings (SSSR count). The zero-order valence-corrected chi connectivity index (χ0v) is 15.8. The second-order valence-corrected chi connectivity index (χ2v) is 8.52. The lowest BCUT2D eigenvalue weighted by atomic mass is 9.62. The Balaban J connectivity index is 2.08. The number of nitrogens with zero attached hydrogens (tertiary/aromatic N) is 1. The van der Waals surface area contributed by atoms with E-state index in [9.17, 15) is 0 Å². The van der Waals surface area contributed by atoms with Crippen molar-refractivity contribution >= 4 is 0 Å². The molecule has 0 N–H and O–H groups in total. The molecule has 0 fully saturated rings. The van der Waals surface area contributed by atoms with Crippen LogP contribution in [-0.2, 0) is 10.8 Å². The predicted octanol–water partition coefficient (Wildman–Crippen LogP) is 6.23. The van der Waals surface area contributed by atoms with E-state index >= 15 is 0 Å². The molecule has 0 saturated heterocycles. The van der Waals surface area contributed by atoms with E-state index in [4.69, 9.17) is 5.26 Å². The summed E-state index contributed by atoms with van der Waals surface area (Å²) >= 11 is 0. The first-order chi connectivity index (χ1) is 11.8. The predicted molar refractivity (Wildman–Crippen MR) is 105 cm³/mol. The summed E-state index contributed by atoms with van der Waals surface area (Å²) in [6, 6.07) is 17.0. The zero-order valence-electron chi connectivity index (χ0n) is 15.8. The minimum atomic E-state index is 0.152. The van der Waals surface area contributed by atoms with Gasteiger partial charge in [0.1, 0.15) is 0 Å². The third-order valence-corrected chi connectivity index (χ3v) is 5.87. The molecule has 0 spiro atoms. The average molecular weight is 329 g/mol. The molecule has 1 atom stereocenters. The summed E-state index contributed by atoms with van der Waals surface area (Å²) in [6.07, 6.45) is 4.45. The Morgan fingerprint density at radius 3 is 2.04 bits per heavy atom. The van der Waals surface area contributed by atoms with Crippen LogP contribution in [0.2, 0.25) is 0 Å². The van der Waals surface area contributed by atoms with Crippen LogP contribution in [0.25, 0.3) is 0 Å². The van der Waals surface area contributed by atoms with Crippen molar-refractivity contribution < 1.29 is 0 Å². The Morgan fingerprint density at radius 1 is 0.920 bits per heavy atom. The van der Waals surface area contributed by atoms with Crippen LogP contribution in [0, 0.1) is 11.3 Å². The number of hydrogen-bond donors (Lipinski definition) is 0. The molecule has 0 amide bonds. The van der Waals surface area contributed by atoms with Gasteiger partial charge >= 0.3 is 0 Å². The molecule has 0 heterocycles. The molecule has 1 nitrogen and oxygen atoms in total. The smallest absolute Gasteiger partial charge is 0.0991 e. The summed E-state index contributed by atoms with van der Waals surface area (Å²) in [6.45, 7) is 13.5. The normalized spacial score (nSPS) is 18.7. The van der Waals surface area contributed by atoms with E-state index in [1.807, 2.05) is 30.3 Å². The van der Waals surface area contributed by atoms with Crippen molar-refractivity contribution in [2.24, 2.45) is 0 Å². The molecule has 2 aromatic carbocycles. The number of rotatable bonds is 3. The van der Waals surface area contributed by atoms with E-state index < -0.39 is 0 Å². The van der Waals surface area contributed by atoms with E-state index in [2.05, 4.69) is 58.5 Å². The molecule has 0 radical (unpaired) electrons. The van der Waals surface area contributed by atoms with E-state index in [1.165, 1.54) is 35.1 Å². The van der Waals surface area contributed by atoms with Gasteiger partial charge in [0.25, 0.3) is 0 Å². The maximum atomic E-state index is 9.01. The first-order valence-electron chi connectivity index (χ1n) is 9.06. The summed E-state index contributed by atoms with van der Waals surface area (Å²) in [5.41, 5.74) is 6.56. The fourth-order valence-corrected chi connectivity index (χ4v) is 4.03. The lowest BCUT2D eigenvalue weighted by Crippen LogP contribution is -2.34. The third kappa shape index (κ3) is 3.14. The molecule has 0 aliphatic heterocycles. The molecule has 1 aliphatic carbocycles. The molecule has 1 unspecified atom stereocenters. The Bertz CT molecular complexity index is 831. The summed E-state index contributed by atoms with van der Waals surface area (Å²) in [5, 5.41) is 9.01. The van der Waals surface area contributed by atoms with Crippen molar-refractivity contribution in [3.8, 4) is 6.07 Å². The minimum absolute atomic E-state index is 0.152. The fourth-order valence-electron chi connectivity index (χ4n) is 4.03. The second-order valence-electron chi connectivity index (χ2n) is 8.52.